The van der Waals surface area contributed by atoms with Gasteiger partial charge >= 0.3 is 5.97 Å². The SMILES string of the molecule is COC(=O)c1ccc(CNC2CCN(C3CCCCC3)C2=O)cc1. The molecule has 1 saturated heterocycles. The molecule has 1 aromatic rings. The first kappa shape index (κ1) is 17.0. The first-order chi connectivity index (χ1) is 11.7. The van der Waals surface area contributed by atoms with Gasteiger partial charge in [-0.15, -0.1) is 0 Å². The van der Waals surface area contributed by atoms with Gasteiger partial charge in [-0.1, -0.05) is 31.4 Å². The van der Waals surface area contributed by atoms with Crippen LogP contribution in [0, 0.1) is 0 Å². The minimum absolute atomic E-state index is 0.0767. The lowest BCUT2D eigenvalue weighted by Crippen LogP contribution is -2.43. The van der Waals surface area contributed by atoms with E-state index in [0.29, 0.717) is 18.2 Å². The molecule has 2 aliphatic rings. The molecular weight excluding hydrogens is 304 g/mol. The van der Waals surface area contributed by atoms with Crippen LogP contribution in [-0.4, -0.2) is 42.5 Å². The number of nitrogens with one attached hydrogen (secondary N) is 1. The summed E-state index contributed by atoms with van der Waals surface area (Å²) in [6.45, 7) is 1.51. The number of hydrogen-bond donors (Lipinski definition) is 1. The fourth-order valence-corrected chi connectivity index (χ4v) is 3.76. The van der Waals surface area contributed by atoms with Crippen LogP contribution in [0.25, 0.3) is 0 Å². The predicted octanol–water partition coefficient (Wildman–Crippen LogP) is 2.50. The number of benzene rings is 1. The second-order valence-corrected chi connectivity index (χ2v) is 6.73. The predicted molar refractivity (Wildman–Crippen MR) is 91.6 cm³/mol. The van der Waals surface area contributed by atoms with E-state index in [1.165, 1.54) is 26.4 Å². The molecule has 0 aromatic heterocycles. The van der Waals surface area contributed by atoms with Crippen LogP contribution in [0.5, 0.6) is 0 Å². The molecule has 1 aromatic carbocycles. The van der Waals surface area contributed by atoms with E-state index in [-0.39, 0.29) is 17.9 Å². The van der Waals surface area contributed by atoms with E-state index in [1.807, 2.05) is 12.1 Å². The Morgan fingerprint density at radius 3 is 2.54 bits per heavy atom. The highest BCUT2D eigenvalue weighted by Gasteiger charge is 2.35. The van der Waals surface area contributed by atoms with Crippen molar-refractivity contribution in [2.75, 3.05) is 13.7 Å². The van der Waals surface area contributed by atoms with Gasteiger partial charge in [0.1, 0.15) is 0 Å². The van der Waals surface area contributed by atoms with Crippen molar-refractivity contribution in [3.8, 4) is 0 Å². The molecule has 5 nitrogen and oxygen atoms in total. The fourth-order valence-electron chi connectivity index (χ4n) is 3.76. The molecule has 1 N–H and O–H groups in total. The zero-order chi connectivity index (χ0) is 16.9. The van der Waals surface area contributed by atoms with Crippen molar-refractivity contribution in [3.05, 3.63) is 35.4 Å². The normalized spacial score (nSPS) is 22.0. The minimum Gasteiger partial charge on any atom is -0.465 e. The molecule has 1 heterocycles. The van der Waals surface area contributed by atoms with Gasteiger partial charge in [0.15, 0.2) is 0 Å². The van der Waals surface area contributed by atoms with Gasteiger partial charge in [0.05, 0.1) is 18.7 Å². The average Bonchev–Trinajstić information content (AvgIpc) is 3.01. The minimum atomic E-state index is -0.330. The molecule has 0 spiro atoms. The number of nitrogens with zero attached hydrogens (tertiary/aromatic N) is 1. The van der Waals surface area contributed by atoms with Crippen LogP contribution in [0.1, 0.15) is 54.4 Å². The maximum Gasteiger partial charge on any atom is 0.337 e. The third kappa shape index (κ3) is 3.78. The molecule has 130 valence electrons. The van der Waals surface area contributed by atoms with Gasteiger partial charge < -0.3 is 15.0 Å². The molecule has 2 fully saturated rings. The number of rotatable bonds is 5. The van der Waals surface area contributed by atoms with Crippen LogP contribution >= 0.6 is 0 Å². The third-order valence-corrected chi connectivity index (χ3v) is 5.18. The molecule has 1 aliphatic carbocycles. The maximum atomic E-state index is 12.6. The Kier molecular flexibility index (Phi) is 5.51. The van der Waals surface area contributed by atoms with Crippen LogP contribution in [0.2, 0.25) is 0 Å². The largest absolute Gasteiger partial charge is 0.465 e. The Hall–Kier alpha value is -1.88. The summed E-state index contributed by atoms with van der Waals surface area (Å²) in [4.78, 5) is 26.1. The van der Waals surface area contributed by atoms with Crippen LogP contribution < -0.4 is 5.32 Å². The summed E-state index contributed by atoms with van der Waals surface area (Å²) in [5, 5.41) is 3.37. The summed E-state index contributed by atoms with van der Waals surface area (Å²) < 4.78 is 4.70. The van der Waals surface area contributed by atoms with Crippen molar-refractivity contribution in [1.82, 2.24) is 10.2 Å². The lowest BCUT2D eigenvalue weighted by atomic mass is 9.94. The molecule has 1 aliphatic heterocycles. The summed E-state index contributed by atoms with van der Waals surface area (Å²) in [6.07, 6.45) is 7.01. The van der Waals surface area contributed by atoms with E-state index in [1.54, 1.807) is 12.1 Å². The van der Waals surface area contributed by atoms with Crippen molar-refractivity contribution < 1.29 is 14.3 Å². The number of methoxy groups -OCH3 is 1. The number of amides is 1. The Morgan fingerprint density at radius 1 is 1.17 bits per heavy atom. The van der Waals surface area contributed by atoms with Crippen molar-refractivity contribution in [1.29, 1.82) is 0 Å². The lowest BCUT2D eigenvalue weighted by molar-refractivity contribution is -0.132. The third-order valence-electron chi connectivity index (χ3n) is 5.18. The van der Waals surface area contributed by atoms with E-state index in [9.17, 15) is 9.59 Å². The Balaban J connectivity index is 1.51. The van der Waals surface area contributed by atoms with Gasteiger partial charge in [-0.2, -0.15) is 0 Å². The highest BCUT2D eigenvalue weighted by molar-refractivity contribution is 5.89. The molecule has 3 rings (SSSR count). The topological polar surface area (TPSA) is 58.6 Å². The van der Waals surface area contributed by atoms with Gasteiger partial charge in [-0.05, 0) is 37.0 Å². The number of hydrogen-bond acceptors (Lipinski definition) is 4. The monoisotopic (exact) mass is 330 g/mol. The molecule has 1 amide bonds. The summed E-state index contributed by atoms with van der Waals surface area (Å²) in [7, 11) is 1.38. The number of likely N-dealkylation sites (tertiary alicyclic amines) is 1. The van der Waals surface area contributed by atoms with Crippen LogP contribution in [-0.2, 0) is 16.1 Å². The Labute approximate surface area is 143 Å². The molecule has 1 saturated carbocycles. The van der Waals surface area contributed by atoms with Crippen LogP contribution in [0.15, 0.2) is 24.3 Å². The Bertz CT molecular complexity index is 579. The molecule has 0 bridgehead atoms. The zero-order valence-electron chi connectivity index (χ0n) is 14.3. The number of carbonyl (C=O) groups is 2. The highest BCUT2D eigenvalue weighted by atomic mass is 16.5. The lowest BCUT2D eigenvalue weighted by Gasteiger charge is -2.31. The van der Waals surface area contributed by atoms with E-state index >= 15 is 0 Å². The number of esters is 1. The van der Waals surface area contributed by atoms with Gasteiger partial charge in [-0.3, -0.25) is 4.79 Å². The summed E-state index contributed by atoms with van der Waals surface area (Å²) in [5.74, 6) is -0.0725. The second kappa shape index (κ2) is 7.79. The van der Waals surface area contributed by atoms with Gasteiger partial charge in [0.25, 0.3) is 0 Å². The van der Waals surface area contributed by atoms with Crippen LogP contribution in [0.4, 0.5) is 0 Å². The van der Waals surface area contributed by atoms with Gasteiger partial charge in [-0.25, -0.2) is 4.79 Å². The van der Waals surface area contributed by atoms with Crippen LogP contribution in [0.3, 0.4) is 0 Å². The molecule has 24 heavy (non-hydrogen) atoms. The summed E-state index contributed by atoms with van der Waals surface area (Å²) in [5.41, 5.74) is 1.60. The van der Waals surface area contributed by atoms with E-state index in [0.717, 1.165) is 31.4 Å². The molecule has 1 unspecified atom stereocenters. The molecular formula is C19H26N2O3. The quantitative estimate of drug-likeness (QED) is 0.843. The van der Waals surface area contributed by atoms with Crippen molar-refractivity contribution in [2.24, 2.45) is 0 Å². The molecule has 0 radical (unpaired) electrons. The van der Waals surface area contributed by atoms with E-state index < -0.39 is 0 Å². The Morgan fingerprint density at radius 2 is 1.88 bits per heavy atom. The fraction of sp³-hybridized carbons (Fsp3) is 0.579. The molecule has 1 atom stereocenters. The average molecular weight is 330 g/mol. The number of ether oxygens (including phenoxy) is 1. The van der Waals surface area contributed by atoms with E-state index in [2.05, 4.69) is 10.2 Å². The second-order valence-electron chi connectivity index (χ2n) is 6.73. The maximum absolute atomic E-state index is 12.6. The number of carbonyl (C=O) groups excluding carboxylic acids is 2. The summed E-state index contributed by atoms with van der Waals surface area (Å²) in [6, 6.07) is 7.70. The smallest absolute Gasteiger partial charge is 0.337 e. The van der Waals surface area contributed by atoms with E-state index in [4.69, 9.17) is 4.74 Å². The highest BCUT2D eigenvalue weighted by Crippen LogP contribution is 2.26. The van der Waals surface area contributed by atoms with Gasteiger partial charge in [0, 0.05) is 19.1 Å². The standard InChI is InChI=1S/C19H26N2O3/c1-24-19(23)15-9-7-14(8-10-15)13-20-17-11-12-21(18(17)22)16-5-3-2-4-6-16/h7-10,16-17,20H,2-6,11-13H2,1H3. The molecule has 5 heteroatoms. The van der Waals surface area contributed by atoms with Gasteiger partial charge in [0.2, 0.25) is 5.91 Å². The first-order valence-corrected chi connectivity index (χ1v) is 8.90. The van der Waals surface area contributed by atoms with Crippen molar-refractivity contribution in [2.45, 2.75) is 57.2 Å². The first-order valence-electron chi connectivity index (χ1n) is 8.90. The zero-order valence-corrected chi connectivity index (χ0v) is 14.3. The summed E-state index contributed by atoms with van der Waals surface area (Å²) >= 11 is 0. The van der Waals surface area contributed by atoms with Crippen molar-refractivity contribution in [3.63, 3.8) is 0 Å². The van der Waals surface area contributed by atoms with Crippen molar-refractivity contribution >= 4 is 11.9 Å².